The highest BCUT2D eigenvalue weighted by Crippen LogP contribution is 2.29. The first-order valence-corrected chi connectivity index (χ1v) is 9.08. The lowest BCUT2D eigenvalue weighted by Gasteiger charge is -2.39. The van der Waals surface area contributed by atoms with E-state index in [1.54, 1.807) is 10.6 Å². The Hall–Kier alpha value is -2.41. The molecule has 0 radical (unpaired) electrons. The molecule has 3 heterocycles. The third kappa shape index (κ3) is 2.67. The number of fused-ring (bicyclic) bond motifs is 2. The number of carboxylic acids is 1. The Labute approximate surface area is 150 Å². The van der Waals surface area contributed by atoms with Crippen LogP contribution < -0.4 is 10.3 Å². The number of pyridine rings is 1. The zero-order valence-electron chi connectivity index (χ0n) is 14.7. The monoisotopic (exact) mass is 359 g/mol. The molecule has 2 aliphatic rings. The largest absolute Gasteiger partial charge is 0.477 e. The average Bonchev–Trinajstić information content (AvgIpc) is 3.09. The van der Waals surface area contributed by atoms with Gasteiger partial charge in [-0.05, 0) is 38.4 Å². The van der Waals surface area contributed by atoms with Gasteiger partial charge in [-0.1, -0.05) is 0 Å². The molecule has 1 aromatic carbocycles. The van der Waals surface area contributed by atoms with Crippen LogP contribution in [-0.4, -0.2) is 52.8 Å². The van der Waals surface area contributed by atoms with Crippen LogP contribution in [0.4, 0.5) is 10.1 Å². The standard InChI is InChI=1S/C19H22FN3O3/c1-2-21-11-14(19(25)26)18(24)13-8-15(20)17(9-16(13)21)23-7-6-22-5-3-4-12(22)10-23/h8-9,11-12H,2-7,10H2,1H3,(H,25,26)/t12-/m0/s1. The zero-order valence-corrected chi connectivity index (χ0v) is 14.7. The minimum absolute atomic E-state index is 0.118. The van der Waals surface area contributed by atoms with Crippen LogP contribution >= 0.6 is 0 Å². The highest BCUT2D eigenvalue weighted by molar-refractivity contribution is 5.93. The van der Waals surface area contributed by atoms with E-state index in [2.05, 4.69) is 9.80 Å². The predicted octanol–water partition coefficient (Wildman–Crippen LogP) is 2.14. The van der Waals surface area contributed by atoms with Crippen molar-refractivity contribution in [3.63, 3.8) is 0 Å². The average molecular weight is 359 g/mol. The molecule has 2 aromatic rings. The Bertz CT molecular complexity index is 940. The van der Waals surface area contributed by atoms with Crippen LogP contribution in [0.1, 0.15) is 30.1 Å². The molecular formula is C19H22FN3O3. The fraction of sp³-hybridized carbons (Fsp3) is 0.474. The third-order valence-corrected chi connectivity index (χ3v) is 5.65. The summed E-state index contributed by atoms with van der Waals surface area (Å²) in [7, 11) is 0. The molecule has 138 valence electrons. The first-order valence-electron chi connectivity index (χ1n) is 9.08. The van der Waals surface area contributed by atoms with Gasteiger partial charge in [-0.2, -0.15) is 0 Å². The number of halogens is 1. The van der Waals surface area contributed by atoms with Gasteiger partial charge in [0.25, 0.3) is 0 Å². The van der Waals surface area contributed by atoms with Crippen molar-refractivity contribution < 1.29 is 14.3 Å². The number of hydrogen-bond donors (Lipinski definition) is 1. The number of nitrogens with zero attached hydrogens (tertiary/aromatic N) is 3. The number of carboxylic acid groups (broad SMARTS) is 1. The fourth-order valence-corrected chi connectivity index (χ4v) is 4.27. The van der Waals surface area contributed by atoms with Gasteiger partial charge in [0.15, 0.2) is 0 Å². The Morgan fingerprint density at radius 3 is 2.85 bits per heavy atom. The Balaban J connectivity index is 1.82. The van der Waals surface area contributed by atoms with Gasteiger partial charge in [0.2, 0.25) is 5.43 Å². The van der Waals surface area contributed by atoms with Crippen LogP contribution in [0.5, 0.6) is 0 Å². The molecule has 0 unspecified atom stereocenters. The molecule has 0 spiro atoms. The minimum atomic E-state index is -1.29. The van der Waals surface area contributed by atoms with Crippen molar-refractivity contribution in [2.45, 2.75) is 32.4 Å². The summed E-state index contributed by atoms with van der Waals surface area (Å²) in [5.41, 5.74) is 0.107. The summed E-state index contributed by atoms with van der Waals surface area (Å²) in [6.45, 7) is 5.94. The lowest BCUT2D eigenvalue weighted by molar-refractivity contribution is 0.0695. The van der Waals surface area contributed by atoms with E-state index in [0.717, 1.165) is 32.6 Å². The SMILES string of the molecule is CCn1cc(C(=O)O)c(=O)c2cc(F)c(N3CCN4CCC[C@H]4C3)cc21. The number of hydrogen-bond acceptors (Lipinski definition) is 4. The van der Waals surface area contributed by atoms with E-state index in [4.69, 9.17) is 0 Å². The van der Waals surface area contributed by atoms with Crippen LogP contribution in [0.25, 0.3) is 10.9 Å². The molecule has 6 nitrogen and oxygen atoms in total. The van der Waals surface area contributed by atoms with Crippen molar-refractivity contribution in [2.24, 2.45) is 0 Å². The number of benzene rings is 1. The van der Waals surface area contributed by atoms with E-state index in [1.807, 2.05) is 6.92 Å². The Kier molecular flexibility index (Phi) is 4.19. The van der Waals surface area contributed by atoms with Crippen LogP contribution in [0.3, 0.4) is 0 Å². The molecule has 0 aliphatic carbocycles. The van der Waals surface area contributed by atoms with Gasteiger partial charge in [-0.15, -0.1) is 0 Å². The topological polar surface area (TPSA) is 65.8 Å². The van der Waals surface area contributed by atoms with Gasteiger partial charge in [0, 0.05) is 43.8 Å². The first kappa shape index (κ1) is 17.0. The second-order valence-electron chi connectivity index (χ2n) is 7.06. The number of aryl methyl sites for hydroxylation is 1. The summed E-state index contributed by atoms with van der Waals surface area (Å²) in [5.74, 6) is -1.76. The summed E-state index contributed by atoms with van der Waals surface area (Å²) in [6.07, 6.45) is 3.67. The summed E-state index contributed by atoms with van der Waals surface area (Å²) in [6, 6.07) is 3.36. The van der Waals surface area contributed by atoms with Gasteiger partial charge in [-0.3, -0.25) is 9.69 Å². The van der Waals surface area contributed by atoms with Gasteiger partial charge in [0.1, 0.15) is 11.4 Å². The number of aromatic nitrogens is 1. The van der Waals surface area contributed by atoms with Crippen molar-refractivity contribution in [3.05, 3.63) is 39.9 Å². The molecule has 7 heteroatoms. The maximum atomic E-state index is 14.8. The number of aromatic carboxylic acids is 1. The fourth-order valence-electron chi connectivity index (χ4n) is 4.27. The highest BCUT2D eigenvalue weighted by atomic mass is 19.1. The van der Waals surface area contributed by atoms with Crippen molar-refractivity contribution in [1.29, 1.82) is 0 Å². The molecule has 0 amide bonds. The predicted molar refractivity (Wildman–Crippen MR) is 97.6 cm³/mol. The van der Waals surface area contributed by atoms with Crippen LogP contribution in [0, 0.1) is 5.82 Å². The van der Waals surface area contributed by atoms with Gasteiger partial charge < -0.3 is 14.6 Å². The Morgan fingerprint density at radius 1 is 1.31 bits per heavy atom. The molecule has 4 rings (SSSR count). The zero-order chi connectivity index (χ0) is 18.4. The summed E-state index contributed by atoms with van der Waals surface area (Å²) >= 11 is 0. The van der Waals surface area contributed by atoms with E-state index in [-0.39, 0.29) is 10.9 Å². The molecule has 2 aliphatic heterocycles. The van der Waals surface area contributed by atoms with Crippen molar-refractivity contribution in [2.75, 3.05) is 31.1 Å². The van der Waals surface area contributed by atoms with E-state index in [1.165, 1.54) is 18.7 Å². The summed E-state index contributed by atoms with van der Waals surface area (Å²) < 4.78 is 16.5. The molecule has 26 heavy (non-hydrogen) atoms. The van der Waals surface area contributed by atoms with Crippen LogP contribution in [-0.2, 0) is 6.54 Å². The normalized spacial score (nSPS) is 20.5. The van der Waals surface area contributed by atoms with Gasteiger partial charge in [0.05, 0.1) is 11.2 Å². The number of anilines is 1. The Morgan fingerprint density at radius 2 is 2.12 bits per heavy atom. The maximum Gasteiger partial charge on any atom is 0.341 e. The van der Waals surface area contributed by atoms with E-state index in [0.29, 0.717) is 23.8 Å². The molecule has 2 saturated heterocycles. The lowest BCUT2D eigenvalue weighted by atomic mass is 10.1. The quantitative estimate of drug-likeness (QED) is 0.910. The van der Waals surface area contributed by atoms with E-state index < -0.39 is 17.2 Å². The van der Waals surface area contributed by atoms with Crippen LogP contribution in [0.2, 0.25) is 0 Å². The van der Waals surface area contributed by atoms with E-state index in [9.17, 15) is 19.1 Å². The lowest BCUT2D eigenvalue weighted by Crippen LogP contribution is -2.50. The molecule has 1 aromatic heterocycles. The molecular weight excluding hydrogens is 337 g/mol. The molecule has 0 saturated carbocycles. The second kappa shape index (κ2) is 6.39. The molecule has 1 N–H and O–H groups in total. The maximum absolute atomic E-state index is 14.8. The molecule has 2 fully saturated rings. The van der Waals surface area contributed by atoms with Crippen molar-refractivity contribution in [3.8, 4) is 0 Å². The number of carbonyl (C=O) groups is 1. The second-order valence-corrected chi connectivity index (χ2v) is 7.06. The van der Waals surface area contributed by atoms with Crippen LogP contribution in [0.15, 0.2) is 23.1 Å². The number of piperazine rings is 1. The number of rotatable bonds is 3. The molecule has 1 atom stereocenters. The van der Waals surface area contributed by atoms with Crippen molar-refractivity contribution in [1.82, 2.24) is 9.47 Å². The summed E-state index contributed by atoms with van der Waals surface area (Å²) in [5, 5.41) is 9.36. The third-order valence-electron chi connectivity index (χ3n) is 5.65. The van der Waals surface area contributed by atoms with Gasteiger partial charge >= 0.3 is 5.97 Å². The van der Waals surface area contributed by atoms with Gasteiger partial charge in [-0.25, -0.2) is 9.18 Å². The highest BCUT2D eigenvalue weighted by Gasteiger charge is 2.31. The minimum Gasteiger partial charge on any atom is -0.477 e. The first-order chi connectivity index (χ1) is 12.5. The van der Waals surface area contributed by atoms with E-state index >= 15 is 0 Å². The smallest absolute Gasteiger partial charge is 0.341 e. The van der Waals surface area contributed by atoms with Crippen molar-refractivity contribution >= 4 is 22.6 Å². The molecule has 0 bridgehead atoms. The summed E-state index contributed by atoms with van der Waals surface area (Å²) in [4.78, 5) is 28.3.